The standard InChI is InChI=1S/C17H17N3O2S2/c1-4-15-19-20-17(24-15)18-16(21)14-9-13(10(2)23-14)11-5-7-12(22-3)8-6-11/h5-9H,4H2,1-3H3,(H,18,20,21). The maximum Gasteiger partial charge on any atom is 0.267 e. The molecule has 1 amide bonds. The number of nitrogens with one attached hydrogen (secondary N) is 1. The van der Waals surface area contributed by atoms with Crippen LogP contribution in [0.4, 0.5) is 5.13 Å². The summed E-state index contributed by atoms with van der Waals surface area (Å²) in [6.07, 6.45) is 0.813. The Morgan fingerprint density at radius 2 is 1.96 bits per heavy atom. The minimum Gasteiger partial charge on any atom is -0.497 e. The Labute approximate surface area is 148 Å². The number of carbonyl (C=O) groups is 1. The number of benzene rings is 1. The first-order chi connectivity index (χ1) is 11.6. The lowest BCUT2D eigenvalue weighted by Crippen LogP contribution is -2.09. The molecule has 0 aliphatic heterocycles. The van der Waals surface area contributed by atoms with E-state index in [0.717, 1.165) is 33.2 Å². The summed E-state index contributed by atoms with van der Waals surface area (Å²) in [7, 11) is 1.64. The molecule has 1 N–H and O–H groups in total. The maximum atomic E-state index is 12.4. The second-order valence-electron chi connectivity index (χ2n) is 5.12. The molecule has 0 radical (unpaired) electrons. The zero-order valence-electron chi connectivity index (χ0n) is 13.6. The highest BCUT2D eigenvalue weighted by atomic mass is 32.1. The average molecular weight is 359 g/mol. The third-order valence-corrected chi connectivity index (χ3v) is 5.56. The third-order valence-electron chi connectivity index (χ3n) is 3.53. The predicted molar refractivity (Wildman–Crippen MR) is 98.3 cm³/mol. The van der Waals surface area contributed by atoms with Gasteiger partial charge in [-0.25, -0.2) is 0 Å². The summed E-state index contributed by atoms with van der Waals surface area (Å²) in [4.78, 5) is 14.2. The first-order valence-electron chi connectivity index (χ1n) is 7.49. The van der Waals surface area contributed by atoms with Crippen molar-refractivity contribution in [1.82, 2.24) is 10.2 Å². The molecule has 0 spiro atoms. The molecule has 0 aliphatic rings. The van der Waals surface area contributed by atoms with Crippen LogP contribution in [0.15, 0.2) is 30.3 Å². The number of carbonyl (C=O) groups excluding carboxylic acids is 1. The summed E-state index contributed by atoms with van der Waals surface area (Å²) in [5.41, 5.74) is 2.12. The summed E-state index contributed by atoms with van der Waals surface area (Å²) in [6, 6.07) is 9.74. The van der Waals surface area contributed by atoms with E-state index >= 15 is 0 Å². The number of anilines is 1. The Morgan fingerprint density at radius 3 is 2.58 bits per heavy atom. The number of methoxy groups -OCH3 is 1. The van der Waals surface area contributed by atoms with Gasteiger partial charge in [0.05, 0.1) is 12.0 Å². The van der Waals surface area contributed by atoms with Crippen molar-refractivity contribution in [2.24, 2.45) is 0 Å². The van der Waals surface area contributed by atoms with E-state index < -0.39 is 0 Å². The van der Waals surface area contributed by atoms with Gasteiger partial charge >= 0.3 is 0 Å². The van der Waals surface area contributed by atoms with Crippen molar-refractivity contribution >= 4 is 33.7 Å². The molecule has 3 rings (SSSR count). The summed E-state index contributed by atoms with van der Waals surface area (Å²) < 4.78 is 5.18. The smallest absolute Gasteiger partial charge is 0.267 e. The van der Waals surface area contributed by atoms with Crippen LogP contribution in [-0.2, 0) is 6.42 Å². The van der Waals surface area contributed by atoms with Crippen molar-refractivity contribution in [3.8, 4) is 16.9 Å². The van der Waals surface area contributed by atoms with Crippen molar-refractivity contribution < 1.29 is 9.53 Å². The molecule has 1 aromatic carbocycles. The second kappa shape index (κ2) is 7.11. The fraction of sp³-hybridized carbons (Fsp3) is 0.235. The molecule has 0 aliphatic carbocycles. The minimum atomic E-state index is -0.151. The quantitative estimate of drug-likeness (QED) is 0.733. The van der Waals surface area contributed by atoms with E-state index in [1.165, 1.54) is 22.7 Å². The number of thiophene rings is 1. The first kappa shape index (κ1) is 16.6. The van der Waals surface area contributed by atoms with E-state index in [1.54, 1.807) is 7.11 Å². The number of hydrogen-bond donors (Lipinski definition) is 1. The van der Waals surface area contributed by atoms with Crippen LogP contribution in [0.1, 0.15) is 26.5 Å². The van der Waals surface area contributed by atoms with Gasteiger partial charge in [0.2, 0.25) is 5.13 Å². The van der Waals surface area contributed by atoms with E-state index in [2.05, 4.69) is 15.5 Å². The molecule has 0 saturated carbocycles. The fourth-order valence-corrected chi connectivity index (χ4v) is 3.87. The summed E-state index contributed by atoms with van der Waals surface area (Å²) >= 11 is 2.88. The van der Waals surface area contributed by atoms with Crippen LogP contribution in [0.5, 0.6) is 5.75 Å². The molecule has 2 heterocycles. The molecule has 7 heteroatoms. The number of nitrogens with zero attached hydrogens (tertiary/aromatic N) is 2. The van der Waals surface area contributed by atoms with Crippen LogP contribution in [0.2, 0.25) is 0 Å². The highest BCUT2D eigenvalue weighted by molar-refractivity contribution is 7.16. The van der Waals surface area contributed by atoms with Gasteiger partial charge in [0.25, 0.3) is 5.91 Å². The SMILES string of the molecule is CCc1nnc(NC(=O)c2cc(-c3ccc(OC)cc3)c(C)s2)s1. The number of ether oxygens (including phenoxy) is 1. The number of rotatable bonds is 5. The Balaban J connectivity index is 1.80. The van der Waals surface area contributed by atoms with Crippen LogP contribution >= 0.6 is 22.7 Å². The highest BCUT2D eigenvalue weighted by Crippen LogP contribution is 2.32. The lowest BCUT2D eigenvalue weighted by atomic mass is 10.1. The van der Waals surface area contributed by atoms with Crippen LogP contribution in [0.3, 0.4) is 0 Å². The number of hydrogen-bond acceptors (Lipinski definition) is 6. The van der Waals surface area contributed by atoms with Gasteiger partial charge in [-0.05, 0) is 42.7 Å². The molecule has 0 atom stereocenters. The van der Waals surface area contributed by atoms with E-state index in [-0.39, 0.29) is 5.91 Å². The van der Waals surface area contributed by atoms with Crippen LogP contribution < -0.4 is 10.1 Å². The Kier molecular flexibility index (Phi) is 4.92. The van der Waals surface area contributed by atoms with Crippen LogP contribution in [0.25, 0.3) is 11.1 Å². The van der Waals surface area contributed by atoms with E-state index in [1.807, 2.05) is 44.2 Å². The number of aryl methyl sites for hydroxylation is 2. The van der Waals surface area contributed by atoms with Crippen molar-refractivity contribution in [2.75, 3.05) is 12.4 Å². The Bertz CT molecular complexity index is 853. The predicted octanol–water partition coefficient (Wildman–Crippen LogP) is 4.40. The molecule has 124 valence electrons. The van der Waals surface area contributed by atoms with Gasteiger partial charge in [0, 0.05) is 4.88 Å². The van der Waals surface area contributed by atoms with Crippen LogP contribution in [0, 0.1) is 6.92 Å². The van der Waals surface area contributed by atoms with E-state index in [4.69, 9.17) is 4.74 Å². The average Bonchev–Trinajstić information content (AvgIpc) is 3.21. The Hall–Kier alpha value is -2.25. The van der Waals surface area contributed by atoms with E-state index in [0.29, 0.717) is 10.0 Å². The van der Waals surface area contributed by atoms with Gasteiger partial charge in [-0.1, -0.05) is 30.4 Å². The second-order valence-corrected chi connectivity index (χ2v) is 7.44. The molecule has 5 nitrogen and oxygen atoms in total. The molecule has 0 unspecified atom stereocenters. The third kappa shape index (κ3) is 3.47. The molecular formula is C17H17N3O2S2. The zero-order valence-corrected chi connectivity index (χ0v) is 15.3. The van der Waals surface area contributed by atoms with Crippen LogP contribution in [-0.4, -0.2) is 23.2 Å². The zero-order chi connectivity index (χ0) is 17.1. The lowest BCUT2D eigenvalue weighted by Gasteiger charge is -2.02. The van der Waals surface area contributed by atoms with Crippen molar-refractivity contribution in [3.05, 3.63) is 45.1 Å². The molecule has 0 fully saturated rings. The van der Waals surface area contributed by atoms with Gasteiger partial charge in [-0.3, -0.25) is 10.1 Å². The molecular weight excluding hydrogens is 342 g/mol. The molecule has 2 aromatic heterocycles. The van der Waals surface area contributed by atoms with Gasteiger partial charge in [-0.15, -0.1) is 21.5 Å². The Morgan fingerprint density at radius 1 is 1.21 bits per heavy atom. The largest absolute Gasteiger partial charge is 0.497 e. The summed E-state index contributed by atoms with van der Waals surface area (Å²) in [5, 5.41) is 12.3. The first-order valence-corrected chi connectivity index (χ1v) is 9.12. The van der Waals surface area contributed by atoms with Crippen molar-refractivity contribution in [3.63, 3.8) is 0 Å². The van der Waals surface area contributed by atoms with Gasteiger partial charge in [0.15, 0.2) is 0 Å². The monoisotopic (exact) mass is 359 g/mol. The summed E-state index contributed by atoms with van der Waals surface area (Å²) in [6.45, 7) is 4.02. The molecule has 0 saturated heterocycles. The topological polar surface area (TPSA) is 64.1 Å². The molecule has 0 bridgehead atoms. The number of amides is 1. The fourth-order valence-electron chi connectivity index (χ4n) is 2.26. The van der Waals surface area contributed by atoms with Gasteiger partial charge in [0.1, 0.15) is 10.8 Å². The minimum absolute atomic E-state index is 0.151. The van der Waals surface area contributed by atoms with E-state index in [9.17, 15) is 4.79 Å². The highest BCUT2D eigenvalue weighted by Gasteiger charge is 2.15. The maximum absolute atomic E-state index is 12.4. The molecule has 3 aromatic rings. The number of aromatic nitrogens is 2. The normalized spacial score (nSPS) is 10.6. The van der Waals surface area contributed by atoms with Gasteiger partial charge < -0.3 is 4.74 Å². The van der Waals surface area contributed by atoms with Crippen molar-refractivity contribution in [1.29, 1.82) is 0 Å². The van der Waals surface area contributed by atoms with Crippen molar-refractivity contribution in [2.45, 2.75) is 20.3 Å². The lowest BCUT2D eigenvalue weighted by molar-refractivity contribution is 0.103. The summed E-state index contributed by atoms with van der Waals surface area (Å²) in [5.74, 6) is 0.661. The van der Waals surface area contributed by atoms with Gasteiger partial charge in [-0.2, -0.15) is 0 Å². The molecule has 24 heavy (non-hydrogen) atoms.